The summed E-state index contributed by atoms with van der Waals surface area (Å²) in [5.74, 6) is -1.51. The molecule has 7 heteroatoms. The minimum absolute atomic E-state index is 0.00431. The topological polar surface area (TPSA) is 132 Å². The fourth-order valence-corrected chi connectivity index (χ4v) is 10.8. The van der Waals surface area contributed by atoms with Gasteiger partial charge in [-0.25, -0.2) is 0 Å². The van der Waals surface area contributed by atoms with Crippen molar-refractivity contribution in [3.8, 4) is 11.5 Å². The van der Waals surface area contributed by atoms with E-state index in [4.69, 9.17) is 0 Å². The number of fused-ring (bicyclic) bond motifs is 8. The van der Waals surface area contributed by atoms with Crippen LogP contribution in [0.1, 0.15) is 132 Å². The normalized spacial score (nSPS) is 33.6. The molecule has 272 valence electrons. The SMILES string of the molecule is CC(C)=CCC1=C(O)c2ccccc2C(=O)C1=O.Cc1c(O)c(O)cc2c1CC=C1C2(C)CCC2(C)C3CC(C)(C(=O)O)CCC3(C)CCC12C. The van der Waals surface area contributed by atoms with Gasteiger partial charge < -0.3 is 20.4 Å². The number of phenolic OH excluding ortho intramolecular Hbond substituents is 2. The summed E-state index contributed by atoms with van der Waals surface area (Å²) in [6.07, 6.45) is 12.1. The van der Waals surface area contributed by atoms with Crippen LogP contribution in [0.3, 0.4) is 0 Å². The number of phenols is 2. The average Bonchev–Trinajstić information content (AvgIpc) is 3.08. The first-order valence-electron chi connectivity index (χ1n) is 18.5. The maximum Gasteiger partial charge on any atom is 0.309 e. The lowest BCUT2D eigenvalue weighted by Crippen LogP contribution is -2.62. The molecule has 0 heterocycles. The Hall–Kier alpha value is -4.13. The van der Waals surface area contributed by atoms with Gasteiger partial charge in [0.15, 0.2) is 11.5 Å². The standard InChI is InChI=1S/C29H40O4.C15H14O3/c1-17-18-7-8-21-27(4,19(18)15-20(30)23(17)31)12-14-29(6)22-16-26(3,24(32)33)10-9-25(22,2)11-13-28(21,29)5;1-9(2)7-8-12-13(16)10-5-3-4-6-11(10)14(17)15(12)18/h8,15,22,30-31H,7,9-14,16H2,1-6H3,(H,32,33);3-7,16H,8H2,1-2H3. The number of carbonyl (C=O) groups excluding carboxylic acids is 2. The van der Waals surface area contributed by atoms with Crippen LogP contribution in [0.5, 0.6) is 11.5 Å². The van der Waals surface area contributed by atoms with Crippen molar-refractivity contribution >= 4 is 23.3 Å². The number of Topliss-reactive ketones (excluding diaryl/α,β-unsaturated/α-hetero) is 2. The molecule has 0 spiro atoms. The number of aliphatic carboxylic acids is 1. The third-order valence-electron chi connectivity index (χ3n) is 14.5. The average molecular weight is 695 g/mol. The number of carboxylic acids is 1. The van der Waals surface area contributed by atoms with Crippen LogP contribution in [-0.2, 0) is 21.4 Å². The molecule has 3 saturated carbocycles. The molecular weight excluding hydrogens is 640 g/mol. The van der Waals surface area contributed by atoms with E-state index >= 15 is 0 Å². The van der Waals surface area contributed by atoms with Gasteiger partial charge in [-0.15, -0.1) is 0 Å². The molecule has 5 aliphatic rings. The summed E-state index contributed by atoms with van der Waals surface area (Å²) in [6.45, 7) is 17.3. The summed E-state index contributed by atoms with van der Waals surface area (Å²) in [5, 5.41) is 41.0. The summed E-state index contributed by atoms with van der Waals surface area (Å²) in [7, 11) is 0. The predicted molar refractivity (Wildman–Crippen MR) is 199 cm³/mol. The molecule has 7 rings (SSSR count). The maximum absolute atomic E-state index is 12.3. The Morgan fingerprint density at radius 3 is 2.18 bits per heavy atom. The Bertz CT molecular complexity index is 1940. The first kappa shape index (κ1) is 36.7. The number of rotatable bonds is 3. The molecule has 6 unspecified atom stereocenters. The summed E-state index contributed by atoms with van der Waals surface area (Å²) in [5.41, 5.74) is 5.94. The van der Waals surface area contributed by atoms with Crippen molar-refractivity contribution in [2.75, 3.05) is 0 Å². The lowest BCUT2D eigenvalue weighted by molar-refractivity contribution is -0.177. The van der Waals surface area contributed by atoms with E-state index in [-0.39, 0.29) is 56.5 Å². The first-order valence-corrected chi connectivity index (χ1v) is 18.5. The van der Waals surface area contributed by atoms with E-state index in [0.29, 0.717) is 11.5 Å². The van der Waals surface area contributed by atoms with E-state index in [1.54, 1.807) is 24.3 Å². The molecule has 51 heavy (non-hydrogen) atoms. The number of aliphatic hydroxyl groups excluding tert-OH is 1. The Balaban J connectivity index is 0.000000211. The number of hydrogen-bond donors (Lipinski definition) is 4. The van der Waals surface area contributed by atoms with Gasteiger partial charge in [-0.3, -0.25) is 14.4 Å². The zero-order chi connectivity index (χ0) is 37.5. The zero-order valence-corrected chi connectivity index (χ0v) is 31.5. The number of carbonyl (C=O) groups is 3. The highest BCUT2D eigenvalue weighted by atomic mass is 16.4. The van der Waals surface area contributed by atoms with Gasteiger partial charge in [0.1, 0.15) is 5.76 Å². The number of hydrogen-bond acceptors (Lipinski definition) is 6. The monoisotopic (exact) mass is 694 g/mol. The van der Waals surface area contributed by atoms with E-state index < -0.39 is 23.0 Å². The van der Waals surface area contributed by atoms with Crippen molar-refractivity contribution in [1.29, 1.82) is 0 Å². The fourth-order valence-electron chi connectivity index (χ4n) is 10.8. The third kappa shape index (κ3) is 5.40. The number of ketones is 2. The molecule has 6 atom stereocenters. The molecule has 3 fully saturated rings. The number of allylic oxidation sites excluding steroid dienone is 5. The van der Waals surface area contributed by atoms with Crippen LogP contribution in [0.2, 0.25) is 0 Å². The van der Waals surface area contributed by atoms with Gasteiger partial charge in [-0.05, 0) is 130 Å². The van der Waals surface area contributed by atoms with Crippen LogP contribution in [0.25, 0.3) is 5.76 Å². The third-order valence-corrected chi connectivity index (χ3v) is 14.5. The van der Waals surface area contributed by atoms with E-state index in [0.717, 1.165) is 68.1 Å². The summed E-state index contributed by atoms with van der Waals surface area (Å²) in [6, 6.07) is 8.43. The number of benzene rings is 2. The smallest absolute Gasteiger partial charge is 0.309 e. The Morgan fingerprint density at radius 2 is 1.53 bits per heavy atom. The summed E-state index contributed by atoms with van der Waals surface area (Å²) >= 11 is 0. The Morgan fingerprint density at radius 1 is 0.882 bits per heavy atom. The van der Waals surface area contributed by atoms with Gasteiger partial charge in [0, 0.05) is 22.1 Å². The Kier molecular flexibility index (Phi) is 8.80. The van der Waals surface area contributed by atoms with Gasteiger partial charge in [-0.2, -0.15) is 0 Å². The lowest BCUT2D eigenvalue weighted by atomic mass is 9.34. The highest BCUT2D eigenvalue weighted by Crippen LogP contribution is 2.74. The maximum atomic E-state index is 12.3. The zero-order valence-electron chi connectivity index (χ0n) is 31.5. The molecule has 4 N–H and O–H groups in total. The van der Waals surface area contributed by atoms with E-state index in [1.165, 1.54) is 11.1 Å². The van der Waals surface area contributed by atoms with E-state index in [9.17, 15) is 34.8 Å². The van der Waals surface area contributed by atoms with Crippen LogP contribution < -0.4 is 0 Å². The van der Waals surface area contributed by atoms with Crippen molar-refractivity contribution in [3.05, 3.63) is 87.0 Å². The number of aliphatic hydroxyl groups is 1. The minimum Gasteiger partial charge on any atom is -0.507 e. The van der Waals surface area contributed by atoms with E-state index in [2.05, 4.69) is 33.8 Å². The van der Waals surface area contributed by atoms with Gasteiger partial charge >= 0.3 is 5.97 Å². The van der Waals surface area contributed by atoms with Crippen LogP contribution in [0, 0.1) is 34.5 Å². The van der Waals surface area contributed by atoms with Gasteiger partial charge in [0.25, 0.3) is 0 Å². The molecule has 0 radical (unpaired) electrons. The van der Waals surface area contributed by atoms with E-state index in [1.807, 2.05) is 39.8 Å². The van der Waals surface area contributed by atoms with Crippen molar-refractivity contribution in [2.24, 2.45) is 27.6 Å². The van der Waals surface area contributed by atoms with Crippen LogP contribution in [0.15, 0.2) is 59.2 Å². The van der Waals surface area contributed by atoms with Crippen LogP contribution in [0.4, 0.5) is 0 Å². The van der Waals surface area contributed by atoms with Crippen LogP contribution >= 0.6 is 0 Å². The molecule has 0 amide bonds. The van der Waals surface area contributed by atoms with Gasteiger partial charge in [0.05, 0.1) is 5.41 Å². The van der Waals surface area contributed by atoms with Gasteiger partial charge in [0.2, 0.25) is 11.6 Å². The molecule has 7 nitrogen and oxygen atoms in total. The second kappa shape index (κ2) is 12.2. The highest BCUT2D eigenvalue weighted by Gasteiger charge is 2.67. The molecule has 2 aromatic rings. The molecule has 2 aromatic carbocycles. The fraction of sp³-hybridized carbons (Fsp3) is 0.523. The molecule has 0 aliphatic heterocycles. The molecule has 0 aromatic heterocycles. The van der Waals surface area contributed by atoms with Gasteiger partial charge in [-0.1, -0.05) is 75.3 Å². The first-order chi connectivity index (χ1) is 23.7. The quantitative estimate of drug-likeness (QED) is 0.143. The Labute approximate surface area is 302 Å². The molecule has 5 aliphatic carbocycles. The van der Waals surface area contributed by atoms with Crippen molar-refractivity contribution in [3.63, 3.8) is 0 Å². The summed E-state index contributed by atoms with van der Waals surface area (Å²) < 4.78 is 0. The summed E-state index contributed by atoms with van der Waals surface area (Å²) in [4.78, 5) is 36.1. The van der Waals surface area contributed by atoms with Crippen LogP contribution in [-0.4, -0.2) is 38.0 Å². The second-order valence-corrected chi connectivity index (χ2v) is 17.6. The number of carboxylic acid groups (broad SMARTS) is 1. The largest absolute Gasteiger partial charge is 0.507 e. The molecule has 0 bridgehead atoms. The van der Waals surface area contributed by atoms with Crippen molar-refractivity contribution in [1.82, 2.24) is 0 Å². The predicted octanol–water partition coefficient (Wildman–Crippen LogP) is 9.72. The highest BCUT2D eigenvalue weighted by molar-refractivity contribution is 6.52. The van der Waals surface area contributed by atoms with Crippen molar-refractivity contribution in [2.45, 2.75) is 119 Å². The van der Waals surface area contributed by atoms with Crippen molar-refractivity contribution < 1.29 is 34.8 Å². The second-order valence-electron chi connectivity index (χ2n) is 17.6. The molecular formula is C44H54O7. The minimum atomic E-state index is -0.641. The lowest BCUT2D eigenvalue weighted by Gasteiger charge is -2.69. The molecule has 0 saturated heterocycles. The number of aromatic hydroxyl groups is 2.